The summed E-state index contributed by atoms with van der Waals surface area (Å²) >= 11 is 0. The summed E-state index contributed by atoms with van der Waals surface area (Å²) in [6.45, 7) is 4.65. The number of hydrogen-bond acceptors (Lipinski definition) is 12. The van der Waals surface area contributed by atoms with Gasteiger partial charge < -0.3 is 62.5 Å². The van der Waals surface area contributed by atoms with E-state index in [2.05, 4.69) is 26.6 Å². The lowest BCUT2D eigenvalue weighted by Crippen LogP contribution is -2.64. The Kier molecular flexibility index (Phi) is 15.4. The molecule has 55 heavy (non-hydrogen) atoms. The fraction of sp³-hybridized carbons (Fsp3) is 0.676. The minimum Gasteiger partial charge on any atom is -0.508 e. The van der Waals surface area contributed by atoms with Crippen molar-refractivity contribution in [2.45, 2.75) is 133 Å². The summed E-state index contributed by atoms with van der Waals surface area (Å²) in [5.74, 6) is -4.69. The largest absolute Gasteiger partial charge is 0.508 e. The van der Waals surface area contributed by atoms with Crippen molar-refractivity contribution in [2.24, 2.45) is 5.73 Å². The van der Waals surface area contributed by atoms with Crippen molar-refractivity contribution in [3.05, 3.63) is 29.8 Å². The Morgan fingerprint density at radius 1 is 0.945 bits per heavy atom. The van der Waals surface area contributed by atoms with Crippen LogP contribution in [0.4, 0.5) is 0 Å². The summed E-state index contributed by atoms with van der Waals surface area (Å²) in [7, 11) is 0. The number of phenols is 1. The topological polar surface area (TPSA) is 276 Å². The lowest BCUT2D eigenvalue weighted by molar-refractivity contribution is -0.160. The van der Waals surface area contributed by atoms with E-state index in [1.165, 1.54) is 19.1 Å². The summed E-state index contributed by atoms with van der Waals surface area (Å²) < 4.78 is 0. The molecule has 0 aromatic heterocycles. The molecule has 11 N–H and O–H groups in total. The summed E-state index contributed by atoms with van der Waals surface area (Å²) in [5, 5.41) is 56.0. The first kappa shape index (κ1) is 43.4. The highest BCUT2D eigenvalue weighted by atomic mass is 16.3. The van der Waals surface area contributed by atoms with Gasteiger partial charge >= 0.3 is 0 Å². The molecule has 6 amide bonds. The second kappa shape index (κ2) is 19.5. The van der Waals surface area contributed by atoms with Gasteiger partial charge in [-0.1, -0.05) is 31.9 Å². The van der Waals surface area contributed by atoms with Crippen LogP contribution >= 0.6 is 0 Å². The summed E-state index contributed by atoms with van der Waals surface area (Å²) in [6, 6.07) is -0.531. The molecule has 1 aromatic rings. The summed E-state index contributed by atoms with van der Waals surface area (Å²) in [5.41, 5.74) is 4.30. The number of nitrogens with one attached hydrogen (secondary N) is 5. The van der Waals surface area contributed by atoms with Crippen molar-refractivity contribution in [1.29, 1.82) is 0 Å². The lowest BCUT2D eigenvalue weighted by Gasteiger charge is -2.33. The number of aliphatic hydroxyl groups is 3. The molecular weight excluding hydrogens is 716 g/mol. The molecule has 0 bridgehead atoms. The Bertz CT molecular complexity index is 1530. The molecule has 4 rings (SSSR count). The van der Waals surface area contributed by atoms with Crippen LogP contribution in [0.15, 0.2) is 24.3 Å². The van der Waals surface area contributed by atoms with Crippen LogP contribution in [0.1, 0.15) is 77.7 Å². The maximum Gasteiger partial charge on any atom is 0.276 e. The zero-order valence-electron chi connectivity index (χ0n) is 31.8. The molecule has 9 atom stereocenters. The molecule has 0 saturated carbocycles. The van der Waals surface area contributed by atoms with Crippen molar-refractivity contribution >= 4 is 35.4 Å². The van der Waals surface area contributed by atoms with Gasteiger partial charge in [-0.15, -0.1) is 0 Å². The zero-order chi connectivity index (χ0) is 40.4. The normalized spacial score (nSPS) is 31.1. The van der Waals surface area contributed by atoms with E-state index in [4.69, 9.17) is 5.73 Å². The van der Waals surface area contributed by atoms with Crippen LogP contribution < -0.4 is 32.3 Å². The maximum atomic E-state index is 14.0. The average Bonchev–Trinajstić information content (AvgIpc) is 3.73. The number of aromatic hydroxyl groups is 1. The van der Waals surface area contributed by atoms with Crippen molar-refractivity contribution < 1.29 is 49.2 Å². The summed E-state index contributed by atoms with van der Waals surface area (Å²) in [6.07, 6.45) is 0.656. The van der Waals surface area contributed by atoms with Crippen molar-refractivity contribution in [3.8, 4) is 5.75 Å². The molecule has 1 aromatic carbocycles. The smallest absolute Gasteiger partial charge is 0.276 e. The Morgan fingerprint density at radius 3 is 2.31 bits per heavy atom. The number of carbonyl (C=O) groups excluding carboxylic acids is 6. The fourth-order valence-electron chi connectivity index (χ4n) is 7.25. The number of aliphatic hydroxyl groups excluding tert-OH is 2. The second-order valence-corrected chi connectivity index (χ2v) is 15.1. The molecule has 3 saturated heterocycles. The molecule has 3 aliphatic rings. The minimum atomic E-state index is -2.54. The number of nitrogens with zero attached hydrogens (tertiary/aromatic N) is 2. The number of benzene rings is 1. The minimum absolute atomic E-state index is 0.0196. The van der Waals surface area contributed by atoms with E-state index >= 15 is 0 Å². The monoisotopic (exact) mass is 774 g/mol. The molecule has 3 aliphatic heterocycles. The van der Waals surface area contributed by atoms with Crippen LogP contribution in [0.2, 0.25) is 0 Å². The number of fused-ring (bicyclic) bond motifs is 2. The standard InChI is InChI=1S/C37H58N8O10/c1-4-5-6-15-39-26-8-7-16-40-33(51)28-17-23(38)19-45(28)36(54)37(3,55)43-32(50)27(14-11-22-9-12-24(47)13-10-22)41-34(52)29-18-25(48)20-44(29)35(53)30(21(2)46)42-31(26)49/h9-10,12-13,21,23,25-30,39,46-48,55H,4-8,11,14-20,38H2,1-3H3,(H,40,51)(H,41,52)(H,42,49)(H,43,50)/t21-,23?,25-,26?,27?,28?,29?,30?,37-/m1/s1. The van der Waals surface area contributed by atoms with Crippen LogP contribution in [0.3, 0.4) is 0 Å². The fourth-order valence-corrected chi connectivity index (χ4v) is 7.25. The first-order valence-electron chi connectivity index (χ1n) is 19.2. The molecule has 0 spiro atoms. The van der Waals surface area contributed by atoms with E-state index in [0.717, 1.165) is 36.0 Å². The third-order valence-corrected chi connectivity index (χ3v) is 10.3. The van der Waals surface area contributed by atoms with Crippen LogP contribution in [-0.4, -0.2) is 146 Å². The molecule has 18 heteroatoms. The highest BCUT2D eigenvalue weighted by molar-refractivity contribution is 5.98. The summed E-state index contributed by atoms with van der Waals surface area (Å²) in [4.78, 5) is 84.8. The van der Waals surface area contributed by atoms with Gasteiger partial charge in [0.05, 0.1) is 18.2 Å². The van der Waals surface area contributed by atoms with E-state index in [1.54, 1.807) is 12.1 Å². The van der Waals surface area contributed by atoms with E-state index in [1.807, 2.05) is 6.92 Å². The van der Waals surface area contributed by atoms with Crippen LogP contribution in [-0.2, 0) is 35.2 Å². The highest BCUT2D eigenvalue weighted by Crippen LogP contribution is 2.23. The van der Waals surface area contributed by atoms with E-state index in [0.29, 0.717) is 18.5 Å². The van der Waals surface area contributed by atoms with Crippen molar-refractivity contribution in [1.82, 2.24) is 36.4 Å². The third kappa shape index (κ3) is 11.6. The van der Waals surface area contributed by atoms with E-state index < -0.39 is 89.6 Å². The number of aryl methyl sites for hydroxylation is 1. The predicted octanol–water partition coefficient (Wildman–Crippen LogP) is -2.55. The maximum absolute atomic E-state index is 14.0. The number of rotatable bonds is 9. The van der Waals surface area contributed by atoms with Crippen LogP contribution in [0, 0.1) is 0 Å². The van der Waals surface area contributed by atoms with Gasteiger partial charge in [-0.3, -0.25) is 28.8 Å². The molecule has 306 valence electrons. The van der Waals surface area contributed by atoms with Crippen LogP contribution in [0.25, 0.3) is 0 Å². The number of nitrogens with two attached hydrogens (primary N) is 1. The van der Waals surface area contributed by atoms with Gasteiger partial charge in [0.1, 0.15) is 29.9 Å². The Balaban J connectivity index is 1.68. The number of hydrogen-bond donors (Lipinski definition) is 10. The number of carbonyl (C=O) groups is 6. The lowest BCUT2D eigenvalue weighted by atomic mass is 10.0. The molecule has 3 heterocycles. The third-order valence-electron chi connectivity index (χ3n) is 10.3. The van der Waals surface area contributed by atoms with Gasteiger partial charge in [0.25, 0.3) is 5.91 Å². The van der Waals surface area contributed by atoms with Gasteiger partial charge in [-0.25, -0.2) is 0 Å². The van der Waals surface area contributed by atoms with Crippen molar-refractivity contribution in [3.63, 3.8) is 0 Å². The molecule has 0 radical (unpaired) electrons. The van der Waals surface area contributed by atoms with Gasteiger partial charge in [0.2, 0.25) is 35.3 Å². The molecule has 6 unspecified atom stereocenters. The predicted molar refractivity (Wildman–Crippen MR) is 199 cm³/mol. The molecular formula is C37H58N8O10. The zero-order valence-corrected chi connectivity index (χ0v) is 31.8. The molecule has 0 aliphatic carbocycles. The number of phenolic OH excluding ortho intramolecular Hbond substituents is 1. The van der Waals surface area contributed by atoms with Gasteiger partial charge in [0.15, 0.2) is 0 Å². The average molecular weight is 775 g/mol. The number of amides is 6. The van der Waals surface area contributed by atoms with Crippen LogP contribution in [0.5, 0.6) is 5.75 Å². The SMILES string of the molecule is CCCCCNC1CCCNC(=O)C2CC(N)CN2C(=O)[C@@](C)(O)NC(=O)C(CCc2ccc(O)cc2)NC(=O)C2C[C@@H](O)CN2C(=O)C([C@@H](C)O)NC1=O. The number of unbranched alkanes of at least 4 members (excludes halogenated alkanes) is 2. The quantitative estimate of drug-likeness (QED) is 0.116. The Labute approximate surface area is 320 Å². The van der Waals surface area contributed by atoms with Gasteiger partial charge in [-0.2, -0.15) is 0 Å². The highest BCUT2D eigenvalue weighted by Gasteiger charge is 2.47. The molecule has 18 nitrogen and oxygen atoms in total. The first-order valence-corrected chi connectivity index (χ1v) is 19.2. The Morgan fingerprint density at radius 2 is 1.64 bits per heavy atom. The van der Waals surface area contributed by atoms with Gasteiger partial charge in [-0.05, 0) is 76.6 Å². The Hall–Kier alpha value is -4.36. The van der Waals surface area contributed by atoms with Gasteiger partial charge in [0, 0.05) is 32.1 Å². The van der Waals surface area contributed by atoms with E-state index in [9.17, 15) is 49.2 Å². The van der Waals surface area contributed by atoms with E-state index in [-0.39, 0.29) is 57.5 Å². The first-order chi connectivity index (χ1) is 26.0. The second-order valence-electron chi connectivity index (χ2n) is 15.1. The van der Waals surface area contributed by atoms with Crippen molar-refractivity contribution in [2.75, 3.05) is 26.2 Å². The molecule has 3 fully saturated rings.